The number of halogens is 3. The predicted octanol–water partition coefficient (Wildman–Crippen LogP) is 5.38. The minimum absolute atomic E-state index is 0.0126. The molecule has 35 heavy (non-hydrogen) atoms. The zero-order valence-corrected chi connectivity index (χ0v) is 19.3. The number of anilines is 1. The first-order chi connectivity index (χ1) is 16.5. The Kier molecular flexibility index (Phi) is 6.51. The van der Waals surface area contributed by atoms with E-state index in [9.17, 15) is 18.0 Å². The first kappa shape index (κ1) is 24.2. The largest absolute Gasteiger partial charge is 0.444 e. The number of hydrogen-bond donors (Lipinski definition) is 1. The van der Waals surface area contributed by atoms with Gasteiger partial charge in [0.05, 0.1) is 17.3 Å². The fourth-order valence-corrected chi connectivity index (χ4v) is 3.32. The van der Waals surface area contributed by atoms with Gasteiger partial charge in [-0.25, -0.2) is 14.8 Å². The van der Waals surface area contributed by atoms with E-state index in [0.29, 0.717) is 18.7 Å². The van der Waals surface area contributed by atoms with Crippen molar-refractivity contribution >= 4 is 11.8 Å². The van der Waals surface area contributed by atoms with Gasteiger partial charge >= 0.3 is 18.3 Å². The van der Waals surface area contributed by atoms with Crippen molar-refractivity contribution in [2.75, 3.05) is 18.4 Å². The minimum atomic E-state index is -4.47. The average molecular weight is 487 g/mol. The SMILES string of the molecule is CC(C)(C)OC(=O)N1CC(Nc2cncc(-c3cnc(Oc4cccc(C(F)(F)F)c4)nc3)c2)C1. The monoisotopic (exact) mass is 487 g/mol. The lowest BCUT2D eigenvalue weighted by molar-refractivity contribution is -0.137. The van der Waals surface area contributed by atoms with Crippen LogP contribution < -0.4 is 10.1 Å². The maximum Gasteiger partial charge on any atom is 0.416 e. The Labute approximate surface area is 200 Å². The number of carbonyl (C=O) groups is 1. The fourth-order valence-electron chi connectivity index (χ4n) is 3.32. The number of hydrogen-bond acceptors (Lipinski definition) is 7. The number of aromatic nitrogens is 3. The van der Waals surface area contributed by atoms with Crippen molar-refractivity contribution in [2.24, 2.45) is 0 Å². The smallest absolute Gasteiger partial charge is 0.416 e. The summed E-state index contributed by atoms with van der Waals surface area (Å²) in [5.41, 5.74) is 0.803. The number of benzene rings is 1. The Morgan fingerprint density at radius 1 is 1.03 bits per heavy atom. The summed E-state index contributed by atoms with van der Waals surface area (Å²) in [6.45, 7) is 6.51. The second-order valence-corrected chi connectivity index (χ2v) is 9.07. The Bertz CT molecular complexity index is 1190. The van der Waals surface area contributed by atoms with Crippen LogP contribution in [-0.2, 0) is 10.9 Å². The number of nitrogens with one attached hydrogen (secondary N) is 1. The maximum absolute atomic E-state index is 12.9. The Balaban J connectivity index is 1.36. The topological polar surface area (TPSA) is 89.5 Å². The molecule has 1 fully saturated rings. The number of amides is 1. The molecule has 3 heterocycles. The molecule has 0 saturated carbocycles. The highest BCUT2D eigenvalue weighted by Gasteiger charge is 2.33. The molecule has 0 spiro atoms. The number of ether oxygens (including phenoxy) is 2. The fraction of sp³-hybridized carbons (Fsp3) is 0.333. The van der Waals surface area contributed by atoms with E-state index in [2.05, 4.69) is 20.3 Å². The lowest BCUT2D eigenvalue weighted by atomic mass is 10.1. The van der Waals surface area contributed by atoms with Crippen LogP contribution in [0.2, 0.25) is 0 Å². The van der Waals surface area contributed by atoms with Gasteiger partial charge in [-0.2, -0.15) is 13.2 Å². The number of pyridine rings is 1. The molecule has 1 N–H and O–H groups in total. The van der Waals surface area contributed by atoms with Crippen LogP contribution in [0.5, 0.6) is 11.8 Å². The van der Waals surface area contributed by atoms with Crippen molar-refractivity contribution in [3.05, 3.63) is 60.7 Å². The summed E-state index contributed by atoms with van der Waals surface area (Å²) in [4.78, 5) is 26.1. The summed E-state index contributed by atoms with van der Waals surface area (Å²) in [6.07, 6.45) is 1.52. The van der Waals surface area contributed by atoms with Crippen molar-refractivity contribution in [3.63, 3.8) is 0 Å². The van der Waals surface area contributed by atoms with E-state index < -0.39 is 17.3 Å². The molecule has 0 bridgehead atoms. The van der Waals surface area contributed by atoms with Gasteiger partial charge in [0, 0.05) is 49.0 Å². The van der Waals surface area contributed by atoms with Crippen molar-refractivity contribution in [1.82, 2.24) is 19.9 Å². The Morgan fingerprint density at radius 3 is 2.40 bits per heavy atom. The highest BCUT2D eigenvalue weighted by Crippen LogP contribution is 2.32. The Hall–Kier alpha value is -3.89. The van der Waals surface area contributed by atoms with Crippen molar-refractivity contribution in [1.29, 1.82) is 0 Å². The summed E-state index contributed by atoms with van der Waals surface area (Å²) in [5, 5.41) is 3.33. The number of likely N-dealkylation sites (tertiary alicyclic amines) is 1. The maximum atomic E-state index is 12.9. The van der Waals surface area contributed by atoms with Crippen LogP contribution in [0.3, 0.4) is 0 Å². The van der Waals surface area contributed by atoms with Gasteiger partial charge in [-0.3, -0.25) is 4.98 Å². The molecule has 0 unspecified atom stereocenters. The second kappa shape index (κ2) is 9.40. The molecule has 184 valence electrons. The minimum Gasteiger partial charge on any atom is -0.444 e. The van der Waals surface area contributed by atoms with Crippen LogP contribution in [0, 0.1) is 0 Å². The summed E-state index contributed by atoms with van der Waals surface area (Å²) in [7, 11) is 0. The summed E-state index contributed by atoms with van der Waals surface area (Å²) < 4.78 is 49.4. The van der Waals surface area contributed by atoms with Crippen LogP contribution in [0.4, 0.5) is 23.7 Å². The lowest BCUT2D eigenvalue weighted by Gasteiger charge is -2.40. The summed E-state index contributed by atoms with van der Waals surface area (Å²) in [5.74, 6) is -0.0126. The van der Waals surface area contributed by atoms with E-state index in [1.54, 1.807) is 17.3 Å². The van der Waals surface area contributed by atoms with E-state index in [1.807, 2.05) is 26.8 Å². The zero-order valence-electron chi connectivity index (χ0n) is 19.3. The van der Waals surface area contributed by atoms with Crippen LogP contribution in [0.1, 0.15) is 26.3 Å². The molecule has 1 amide bonds. The molecule has 3 aromatic rings. The van der Waals surface area contributed by atoms with Crippen LogP contribution in [0.25, 0.3) is 11.1 Å². The normalized spacial score (nSPS) is 14.3. The Morgan fingerprint density at radius 2 is 1.74 bits per heavy atom. The van der Waals surface area contributed by atoms with E-state index in [-0.39, 0.29) is 23.9 Å². The van der Waals surface area contributed by atoms with Crippen LogP contribution in [-0.4, -0.2) is 50.7 Å². The molecule has 11 heteroatoms. The van der Waals surface area contributed by atoms with Gasteiger partial charge in [0.25, 0.3) is 0 Å². The second-order valence-electron chi connectivity index (χ2n) is 9.07. The third kappa shape index (κ3) is 6.37. The first-order valence-electron chi connectivity index (χ1n) is 10.8. The molecule has 4 rings (SSSR count). The van der Waals surface area contributed by atoms with Crippen molar-refractivity contribution in [3.8, 4) is 22.9 Å². The van der Waals surface area contributed by atoms with Gasteiger partial charge in [-0.1, -0.05) is 6.07 Å². The number of alkyl halides is 3. The molecule has 1 saturated heterocycles. The third-order valence-electron chi connectivity index (χ3n) is 4.97. The zero-order chi connectivity index (χ0) is 25.2. The molecular formula is C24H24F3N5O3. The van der Waals surface area contributed by atoms with Gasteiger partial charge in [0.2, 0.25) is 0 Å². The average Bonchev–Trinajstić information content (AvgIpc) is 2.75. The van der Waals surface area contributed by atoms with Gasteiger partial charge in [0.1, 0.15) is 11.4 Å². The quantitative estimate of drug-likeness (QED) is 0.517. The molecule has 0 aliphatic carbocycles. The standard InChI is InChI=1S/C24H24F3N5O3/c1-23(2,3)35-22(33)32-13-19(14-32)31-18-7-15(9-28-12-18)16-10-29-21(30-11-16)34-20-6-4-5-17(8-20)24(25,26)27/h4-12,19,31H,13-14H2,1-3H3. The number of rotatable bonds is 5. The van der Waals surface area contributed by atoms with Crippen LogP contribution >= 0.6 is 0 Å². The van der Waals surface area contributed by atoms with Gasteiger partial charge in [0.15, 0.2) is 0 Å². The number of carbonyl (C=O) groups excluding carboxylic acids is 1. The van der Waals surface area contributed by atoms with Gasteiger partial charge in [-0.05, 0) is 45.0 Å². The highest BCUT2D eigenvalue weighted by atomic mass is 19.4. The summed E-state index contributed by atoms with van der Waals surface area (Å²) >= 11 is 0. The lowest BCUT2D eigenvalue weighted by Crippen LogP contribution is -2.57. The molecule has 1 aliphatic rings. The van der Waals surface area contributed by atoms with Gasteiger partial charge < -0.3 is 19.7 Å². The van der Waals surface area contributed by atoms with E-state index in [1.165, 1.54) is 24.5 Å². The molecule has 1 aromatic carbocycles. The van der Waals surface area contributed by atoms with E-state index in [0.717, 1.165) is 23.4 Å². The van der Waals surface area contributed by atoms with E-state index in [4.69, 9.17) is 9.47 Å². The highest BCUT2D eigenvalue weighted by molar-refractivity contribution is 5.70. The van der Waals surface area contributed by atoms with Gasteiger partial charge in [-0.15, -0.1) is 0 Å². The first-order valence-corrected chi connectivity index (χ1v) is 10.8. The number of nitrogens with zero attached hydrogens (tertiary/aromatic N) is 4. The summed E-state index contributed by atoms with van der Waals surface area (Å²) in [6, 6.07) is 6.37. The molecular weight excluding hydrogens is 463 g/mol. The third-order valence-corrected chi connectivity index (χ3v) is 4.97. The van der Waals surface area contributed by atoms with E-state index >= 15 is 0 Å². The predicted molar refractivity (Wildman–Crippen MR) is 122 cm³/mol. The molecule has 0 atom stereocenters. The molecule has 8 nitrogen and oxygen atoms in total. The molecule has 1 aliphatic heterocycles. The van der Waals surface area contributed by atoms with Crippen molar-refractivity contribution in [2.45, 2.75) is 38.6 Å². The van der Waals surface area contributed by atoms with Crippen molar-refractivity contribution < 1.29 is 27.4 Å². The van der Waals surface area contributed by atoms with Crippen LogP contribution in [0.15, 0.2) is 55.1 Å². The molecule has 0 radical (unpaired) electrons. The molecule has 2 aromatic heterocycles.